The molecule has 0 bridgehead atoms. The Morgan fingerprint density at radius 3 is 2.38 bits per heavy atom. The van der Waals surface area contributed by atoms with Gasteiger partial charge < -0.3 is 0 Å². The summed E-state index contributed by atoms with van der Waals surface area (Å²) >= 11 is 0. The van der Waals surface area contributed by atoms with E-state index in [0.29, 0.717) is 0 Å². The van der Waals surface area contributed by atoms with Gasteiger partial charge in [-0.2, -0.15) is 0 Å². The minimum absolute atomic E-state index is 0.152. The highest BCUT2D eigenvalue weighted by atomic mass is 14.8. The summed E-state index contributed by atoms with van der Waals surface area (Å²) in [5, 5.41) is 0. The topological polar surface area (TPSA) is 12.4 Å². The quantitative estimate of drug-likeness (QED) is 0.646. The summed E-state index contributed by atoms with van der Waals surface area (Å²) in [6, 6.07) is 8.45. The molecular formula is C15H23N. The van der Waals surface area contributed by atoms with E-state index < -0.39 is 0 Å². The van der Waals surface area contributed by atoms with Gasteiger partial charge in [0.15, 0.2) is 0 Å². The van der Waals surface area contributed by atoms with E-state index in [1.54, 1.807) is 0 Å². The van der Waals surface area contributed by atoms with Crippen molar-refractivity contribution in [2.75, 3.05) is 0 Å². The molecule has 0 N–H and O–H groups in total. The zero-order valence-electron chi connectivity index (χ0n) is 11.2. The van der Waals surface area contributed by atoms with Crippen molar-refractivity contribution >= 4 is 11.4 Å². The molecule has 1 aromatic rings. The normalized spacial score (nSPS) is 12.9. The van der Waals surface area contributed by atoms with Crippen molar-refractivity contribution in [1.82, 2.24) is 0 Å². The van der Waals surface area contributed by atoms with Crippen LogP contribution in [0.5, 0.6) is 0 Å². The molecule has 1 nitrogen and oxygen atoms in total. The van der Waals surface area contributed by atoms with Crippen LogP contribution < -0.4 is 0 Å². The van der Waals surface area contributed by atoms with E-state index in [1.165, 1.54) is 17.7 Å². The van der Waals surface area contributed by atoms with Crippen molar-refractivity contribution in [3.63, 3.8) is 0 Å². The van der Waals surface area contributed by atoms with Gasteiger partial charge in [-0.05, 0) is 30.4 Å². The molecule has 1 heteroatoms. The summed E-state index contributed by atoms with van der Waals surface area (Å²) in [7, 11) is 0. The predicted molar refractivity (Wildman–Crippen MR) is 72.7 cm³/mol. The van der Waals surface area contributed by atoms with Crippen LogP contribution in [0.4, 0.5) is 5.69 Å². The summed E-state index contributed by atoms with van der Waals surface area (Å²) in [5.41, 5.74) is 3.83. The Morgan fingerprint density at radius 1 is 1.19 bits per heavy atom. The van der Waals surface area contributed by atoms with Crippen LogP contribution in [0, 0.1) is 5.41 Å². The zero-order chi connectivity index (χ0) is 12.2. The smallest absolute Gasteiger partial charge is 0.0661 e. The molecule has 0 atom stereocenters. The molecule has 1 rings (SSSR count). The third kappa shape index (κ3) is 3.48. The summed E-state index contributed by atoms with van der Waals surface area (Å²) in [6.45, 7) is 10.9. The predicted octanol–water partition coefficient (Wildman–Crippen LogP) is 4.78. The third-order valence-corrected chi connectivity index (χ3v) is 2.88. The lowest BCUT2D eigenvalue weighted by molar-refractivity contribution is 0.588. The largest absolute Gasteiger partial charge is 0.257 e. The number of hydrogen-bond donors (Lipinski definition) is 0. The van der Waals surface area contributed by atoms with Crippen molar-refractivity contribution < 1.29 is 0 Å². The van der Waals surface area contributed by atoms with Crippen molar-refractivity contribution in [1.29, 1.82) is 0 Å². The van der Waals surface area contributed by atoms with Crippen LogP contribution in [0.3, 0.4) is 0 Å². The molecule has 0 aliphatic carbocycles. The summed E-state index contributed by atoms with van der Waals surface area (Å²) in [4.78, 5) is 4.77. The van der Waals surface area contributed by atoms with E-state index in [9.17, 15) is 0 Å². The Hall–Kier alpha value is -1.11. The van der Waals surface area contributed by atoms with Gasteiger partial charge in [0.1, 0.15) is 0 Å². The maximum atomic E-state index is 4.77. The van der Waals surface area contributed by atoms with Crippen LogP contribution >= 0.6 is 0 Å². The van der Waals surface area contributed by atoms with Crippen LogP contribution in [0.1, 0.15) is 46.6 Å². The Morgan fingerprint density at radius 2 is 1.81 bits per heavy atom. The van der Waals surface area contributed by atoms with Crippen molar-refractivity contribution in [3.8, 4) is 0 Å². The van der Waals surface area contributed by atoms with E-state index in [-0.39, 0.29) is 5.41 Å². The van der Waals surface area contributed by atoms with Crippen LogP contribution in [-0.2, 0) is 6.42 Å². The van der Waals surface area contributed by atoms with Crippen LogP contribution in [0.25, 0.3) is 0 Å². The van der Waals surface area contributed by atoms with E-state index >= 15 is 0 Å². The average molecular weight is 217 g/mol. The minimum Gasteiger partial charge on any atom is -0.257 e. The molecule has 0 saturated carbocycles. The molecule has 0 aliphatic heterocycles. The first-order valence-corrected chi connectivity index (χ1v) is 6.09. The first kappa shape index (κ1) is 13.0. The summed E-state index contributed by atoms with van der Waals surface area (Å²) in [5.74, 6) is 0. The molecule has 16 heavy (non-hydrogen) atoms. The van der Waals surface area contributed by atoms with Crippen LogP contribution in [0.15, 0.2) is 29.3 Å². The molecule has 0 unspecified atom stereocenters. The minimum atomic E-state index is 0.152. The highest BCUT2D eigenvalue weighted by Gasteiger charge is 2.14. The van der Waals surface area contributed by atoms with Gasteiger partial charge in [0.05, 0.1) is 5.69 Å². The molecule has 0 aliphatic rings. The number of hydrogen-bond acceptors (Lipinski definition) is 1. The number of aryl methyl sites for hydroxylation is 1. The number of benzene rings is 1. The molecular weight excluding hydrogens is 194 g/mol. The third-order valence-electron chi connectivity index (χ3n) is 2.88. The average Bonchev–Trinajstić information content (AvgIpc) is 2.20. The van der Waals surface area contributed by atoms with Gasteiger partial charge >= 0.3 is 0 Å². The van der Waals surface area contributed by atoms with E-state index in [4.69, 9.17) is 4.99 Å². The Labute approximate surface area is 99.6 Å². The van der Waals surface area contributed by atoms with E-state index in [1.807, 2.05) is 0 Å². The number of rotatable bonds is 3. The second-order valence-corrected chi connectivity index (χ2v) is 5.33. The molecule has 0 spiro atoms. The number of nitrogens with zero attached hydrogens (tertiary/aromatic N) is 1. The highest BCUT2D eigenvalue weighted by molar-refractivity contribution is 5.89. The lowest BCUT2D eigenvalue weighted by Crippen LogP contribution is -2.16. The monoisotopic (exact) mass is 217 g/mol. The van der Waals surface area contributed by atoms with E-state index in [0.717, 1.165) is 12.1 Å². The van der Waals surface area contributed by atoms with Crippen molar-refractivity contribution in [2.45, 2.75) is 47.5 Å². The number of para-hydroxylation sites is 1. The van der Waals surface area contributed by atoms with Gasteiger partial charge in [-0.3, -0.25) is 4.99 Å². The molecule has 1 aromatic carbocycles. The SMILES string of the molecule is CCCc1ccccc1/N=C(\C)C(C)(C)C. The first-order chi connectivity index (χ1) is 7.45. The molecule has 0 amide bonds. The standard InChI is InChI=1S/C15H23N/c1-6-9-13-10-7-8-11-14(13)16-12(2)15(3,4)5/h7-8,10-11H,6,9H2,1-5H3/b16-12+. The fourth-order valence-electron chi connectivity index (χ4n) is 1.45. The lowest BCUT2D eigenvalue weighted by atomic mass is 9.91. The summed E-state index contributed by atoms with van der Waals surface area (Å²) in [6.07, 6.45) is 2.28. The van der Waals surface area contributed by atoms with Gasteiger partial charge in [-0.1, -0.05) is 52.3 Å². The molecule has 0 radical (unpaired) electrons. The number of aliphatic imine (C=N–C) groups is 1. The summed E-state index contributed by atoms with van der Waals surface area (Å²) < 4.78 is 0. The van der Waals surface area contributed by atoms with Gasteiger partial charge in [-0.25, -0.2) is 0 Å². The maximum Gasteiger partial charge on any atom is 0.0661 e. The highest BCUT2D eigenvalue weighted by Crippen LogP contribution is 2.24. The van der Waals surface area contributed by atoms with Crippen LogP contribution in [-0.4, -0.2) is 5.71 Å². The molecule has 0 heterocycles. The molecule has 0 fully saturated rings. The molecule has 88 valence electrons. The Kier molecular flexibility index (Phi) is 4.28. The van der Waals surface area contributed by atoms with Crippen molar-refractivity contribution in [2.24, 2.45) is 10.4 Å². The van der Waals surface area contributed by atoms with Crippen molar-refractivity contribution in [3.05, 3.63) is 29.8 Å². The van der Waals surface area contributed by atoms with E-state index in [2.05, 4.69) is 58.9 Å². The second kappa shape index (κ2) is 5.29. The zero-order valence-corrected chi connectivity index (χ0v) is 11.2. The maximum absolute atomic E-state index is 4.77. The lowest BCUT2D eigenvalue weighted by Gasteiger charge is -2.18. The van der Waals surface area contributed by atoms with Gasteiger partial charge in [0.25, 0.3) is 0 Å². The van der Waals surface area contributed by atoms with Gasteiger partial charge in [-0.15, -0.1) is 0 Å². The molecule has 0 saturated heterocycles. The Bertz CT molecular complexity index is 369. The fraction of sp³-hybridized carbons (Fsp3) is 0.533. The van der Waals surface area contributed by atoms with Gasteiger partial charge in [0, 0.05) is 5.71 Å². The molecule has 0 aromatic heterocycles. The van der Waals surface area contributed by atoms with Gasteiger partial charge in [0.2, 0.25) is 0 Å². The Balaban J connectivity index is 3.05. The second-order valence-electron chi connectivity index (χ2n) is 5.33. The fourth-order valence-corrected chi connectivity index (χ4v) is 1.45. The first-order valence-electron chi connectivity index (χ1n) is 6.09. The van der Waals surface area contributed by atoms with Crippen LogP contribution in [0.2, 0.25) is 0 Å².